The molecule has 3 aromatic rings. The molecule has 0 bridgehead atoms. The van der Waals surface area contributed by atoms with Gasteiger partial charge in [0.2, 0.25) is 15.9 Å². The summed E-state index contributed by atoms with van der Waals surface area (Å²) in [6, 6.07) is 11.5. The third-order valence-electron chi connectivity index (χ3n) is 5.64. The Morgan fingerprint density at radius 2 is 1.84 bits per heavy atom. The molecule has 9 heteroatoms. The van der Waals surface area contributed by atoms with Crippen molar-refractivity contribution in [2.45, 2.75) is 17.4 Å². The average molecular weight is 445 g/mol. The van der Waals surface area contributed by atoms with Crippen LogP contribution in [0, 0.1) is 5.82 Å². The number of nitrogens with zero attached hydrogens (tertiary/aromatic N) is 2. The first-order valence-electron chi connectivity index (χ1n) is 10.1. The second-order valence-electron chi connectivity index (χ2n) is 7.81. The van der Waals surface area contributed by atoms with Crippen molar-refractivity contribution in [1.82, 2.24) is 19.5 Å². The van der Waals surface area contributed by atoms with Crippen LogP contribution in [0.25, 0.3) is 10.9 Å². The number of hydrogen-bond acceptors (Lipinski definition) is 4. The van der Waals surface area contributed by atoms with Crippen LogP contribution < -0.4 is 4.72 Å². The van der Waals surface area contributed by atoms with E-state index in [0.717, 1.165) is 13.1 Å². The van der Waals surface area contributed by atoms with Gasteiger partial charge in [-0.05, 0) is 42.9 Å². The van der Waals surface area contributed by atoms with E-state index >= 15 is 0 Å². The van der Waals surface area contributed by atoms with Crippen molar-refractivity contribution in [3.63, 3.8) is 0 Å². The summed E-state index contributed by atoms with van der Waals surface area (Å²) in [7, 11) is -1.86. The monoisotopic (exact) mass is 444 g/mol. The van der Waals surface area contributed by atoms with Gasteiger partial charge in [0.15, 0.2) is 0 Å². The smallest absolute Gasteiger partial charge is 0.241 e. The second kappa shape index (κ2) is 8.78. The number of H-pyrrole nitrogens is 1. The molecule has 1 fully saturated rings. The van der Waals surface area contributed by atoms with Gasteiger partial charge in [0.25, 0.3) is 0 Å². The van der Waals surface area contributed by atoms with E-state index in [0.29, 0.717) is 29.6 Å². The molecule has 1 aliphatic rings. The first-order chi connectivity index (χ1) is 14.8. The summed E-state index contributed by atoms with van der Waals surface area (Å²) >= 11 is 0. The molecular formula is C22H25FN4O3S. The maximum Gasteiger partial charge on any atom is 0.241 e. The van der Waals surface area contributed by atoms with E-state index in [2.05, 4.69) is 14.6 Å². The number of carbonyl (C=O) groups excluding carboxylic acids is 1. The van der Waals surface area contributed by atoms with E-state index in [9.17, 15) is 17.6 Å². The molecule has 164 valence electrons. The van der Waals surface area contributed by atoms with Crippen LogP contribution in [0.3, 0.4) is 0 Å². The molecule has 1 saturated heterocycles. The molecule has 1 aliphatic heterocycles. The summed E-state index contributed by atoms with van der Waals surface area (Å²) in [6.07, 6.45) is 1.61. The average Bonchev–Trinajstić information content (AvgIpc) is 3.17. The lowest BCUT2D eigenvalue weighted by Crippen LogP contribution is -2.48. The van der Waals surface area contributed by atoms with Crippen molar-refractivity contribution in [3.05, 3.63) is 66.1 Å². The van der Waals surface area contributed by atoms with Gasteiger partial charge in [0.1, 0.15) is 5.82 Å². The van der Waals surface area contributed by atoms with Gasteiger partial charge in [-0.1, -0.05) is 18.2 Å². The molecule has 0 spiro atoms. The number of benzene rings is 2. The fourth-order valence-corrected chi connectivity index (χ4v) is 5.08. The Balaban J connectivity index is 1.65. The topological polar surface area (TPSA) is 85.5 Å². The predicted molar refractivity (Wildman–Crippen MR) is 116 cm³/mol. The number of rotatable bonds is 6. The highest BCUT2D eigenvalue weighted by Gasteiger charge is 2.28. The maximum absolute atomic E-state index is 13.6. The zero-order valence-corrected chi connectivity index (χ0v) is 18.0. The Hall–Kier alpha value is -2.75. The molecule has 2 N–H and O–H groups in total. The number of aromatic amines is 1. The minimum Gasteiger partial charge on any atom is -0.361 e. The van der Waals surface area contributed by atoms with Gasteiger partial charge in [0.05, 0.1) is 10.9 Å². The number of nitrogens with one attached hydrogen (secondary N) is 2. The lowest BCUT2D eigenvalue weighted by molar-refractivity contribution is -0.133. The van der Waals surface area contributed by atoms with Gasteiger partial charge in [-0.15, -0.1) is 0 Å². The third-order valence-corrected chi connectivity index (χ3v) is 7.12. The first-order valence-corrected chi connectivity index (χ1v) is 11.6. The molecule has 1 aromatic heterocycles. The van der Waals surface area contributed by atoms with Crippen LogP contribution in [0.4, 0.5) is 4.39 Å². The molecule has 4 rings (SSSR count). The van der Waals surface area contributed by atoms with Gasteiger partial charge in [-0.25, -0.2) is 17.5 Å². The van der Waals surface area contributed by atoms with Crippen molar-refractivity contribution >= 4 is 26.8 Å². The Morgan fingerprint density at radius 3 is 2.55 bits per heavy atom. The zero-order valence-electron chi connectivity index (χ0n) is 17.2. The van der Waals surface area contributed by atoms with E-state index in [1.807, 2.05) is 7.05 Å². The van der Waals surface area contributed by atoms with Crippen molar-refractivity contribution in [2.75, 3.05) is 33.2 Å². The highest BCUT2D eigenvalue weighted by Crippen LogP contribution is 2.29. The van der Waals surface area contributed by atoms with E-state index < -0.39 is 21.9 Å². The number of hydrogen-bond donors (Lipinski definition) is 2. The number of aromatic nitrogens is 1. The summed E-state index contributed by atoms with van der Waals surface area (Å²) in [5.74, 6) is -0.513. The van der Waals surface area contributed by atoms with Crippen molar-refractivity contribution < 1.29 is 17.6 Å². The normalized spacial score (nSPS) is 16.5. The van der Waals surface area contributed by atoms with Crippen LogP contribution >= 0.6 is 0 Å². The summed E-state index contributed by atoms with van der Waals surface area (Å²) < 4.78 is 42.4. The summed E-state index contributed by atoms with van der Waals surface area (Å²) in [6.45, 7) is 2.76. The van der Waals surface area contributed by atoms with E-state index in [1.165, 1.54) is 24.3 Å². The van der Waals surface area contributed by atoms with Gasteiger partial charge in [0, 0.05) is 49.7 Å². The van der Waals surface area contributed by atoms with Gasteiger partial charge >= 0.3 is 0 Å². The number of likely N-dealkylation sites (N-methyl/N-ethyl adjacent to an activating group) is 1. The van der Waals surface area contributed by atoms with Crippen LogP contribution in [-0.4, -0.2) is 62.3 Å². The summed E-state index contributed by atoms with van der Waals surface area (Å²) in [5.41, 5.74) is 1.16. The minimum absolute atomic E-state index is 0.0277. The quantitative estimate of drug-likeness (QED) is 0.612. The first kappa shape index (κ1) is 21.5. The van der Waals surface area contributed by atoms with Crippen LogP contribution in [0.5, 0.6) is 0 Å². The lowest BCUT2D eigenvalue weighted by Gasteiger charge is -2.33. The number of piperazine rings is 1. The molecule has 0 radical (unpaired) electrons. The SMILES string of the molecule is CN1CCN(C(=O)CC(NS(=O)(=O)c2ccccc2)c2c[nH]c3cc(F)ccc23)CC1. The molecule has 0 aliphatic carbocycles. The molecule has 31 heavy (non-hydrogen) atoms. The predicted octanol–water partition coefficient (Wildman–Crippen LogP) is 2.49. The number of amides is 1. The zero-order chi connectivity index (χ0) is 22.0. The molecular weight excluding hydrogens is 419 g/mol. The molecule has 1 amide bonds. The molecule has 2 heterocycles. The Bertz CT molecular complexity index is 1170. The largest absolute Gasteiger partial charge is 0.361 e. The van der Waals surface area contributed by atoms with Crippen LogP contribution in [0.2, 0.25) is 0 Å². The molecule has 1 unspecified atom stereocenters. The second-order valence-corrected chi connectivity index (χ2v) is 9.52. The van der Waals surface area contributed by atoms with Crippen molar-refractivity contribution in [2.24, 2.45) is 0 Å². The lowest BCUT2D eigenvalue weighted by atomic mass is 10.0. The Morgan fingerprint density at radius 1 is 1.13 bits per heavy atom. The Labute approximate surface area is 180 Å². The fraction of sp³-hybridized carbons (Fsp3) is 0.318. The molecule has 1 atom stereocenters. The van der Waals surface area contributed by atoms with Gasteiger partial charge in [-0.2, -0.15) is 0 Å². The van der Waals surface area contributed by atoms with Crippen molar-refractivity contribution in [1.29, 1.82) is 0 Å². The third kappa shape index (κ3) is 4.79. The highest BCUT2D eigenvalue weighted by molar-refractivity contribution is 7.89. The minimum atomic E-state index is -3.86. The van der Waals surface area contributed by atoms with Gasteiger partial charge in [-0.3, -0.25) is 4.79 Å². The van der Waals surface area contributed by atoms with E-state index in [4.69, 9.17) is 0 Å². The van der Waals surface area contributed by atoms with Crippen LogP contribution in [0.15, 0.2) is 59.6 Å². The van der Waals surface area contributed by atoms with Gasteiger partial charge < -0.3 is 14.8 Å². The van der Waals surface area contributed by atoms with E-state index in [1.54, 1.807) is 35.4 Å². The summed E-state index contributed by atoms with van der Waals surface area (Å²) in [4.78, 5) is 20.0. The number of fused-ring (bicyclic) bond motifs is 1. The maximum atomic E-state index is 13.6. The molecule has 7 nitrogen and oxygen atoms in total. The highest BCUT2D eigenvalue weighted by atomic mass is 32.2. The standard InChI is InChI=1S/C22H25FN4O3S/c1-26-9-11-27(12-10-26)22(28)14-21(25-31(29,30)17-5-3-2-4-6-17)19-15-24-20-13-16(23)7-8-18(19)20/h2-8,13,15,21,24-25H,9-12,14H2,1H3. The number of sulfonamides is 1. The number of halogens is 1. The Kier molecular flexibility index (Phi) is 6.08. The van der Waals surface area contributed by atoms with Crippen LogP contribution in [0.1, 0.15) is 18.0 Å². The number of carbonyl (C=O) groups is 1. The molecule has 0 saturated carbocycles. The molecule has 2 aromatic carbocycles. The fourth-order valence-electron chi connectivity index (χ4n) is 3.84. The van der Waals surface area contributed by atoms with Crippen molar-refractivity contribution in [3.8, 4) is 0 Å². The summed E-state index contributed by atoms with van der Waals surface area (Å²) in [5, 5.41) is 0.674. The van der Waals surface area contributed by atoms with E-state index in [-0.39, 0.29) is 17.2 Å². The van der Waals surface area contributed by atoms with Crippen LogP contribution in [-0.2, 0) is 14.8 Å².